The van der Waals surface area contributed by atoms with Crippen LogP contribution < -0.4 is 5.32 Å². The van der Waals surface area contributed by atoms with E-state index in [2.05, 4.69) is 31.3 Å². The van der Waals surface area contributed by atoms with Crippen LogP contribution in [0.25, 0.3) is 0 Å². The van der Waals surface area contributed by atoms with Crippen LogP contribution in [0.15, 0.2) is 12.2 Å². The first-order chi connectivity index (χ1) is 21.7. The fraction of sp³-hybridized carbons (Fsp3) is 0.925. The molecule has 1 amide bonds. The van der Waals surface area contributed by atoms with Gasteiger partial charge in [-0.15, -0.1) is 0 Å². The minimum atomic E-state index is -0.659. The number of amides is 1. The third kappa shape index (κ3) is 32.5. The van der Waals surface area contributed by atoms with Crippen molar-refractivity contribution in [1.29, 1.82) is 0 Å². The summed E-state index contributed by atoms with van der Waals surface area (Å²) in [6, 6.07) is -0.536. The Balaban J connectivity index is 3.46. The Hall–Kier alpha value is -0.870. The molecule has 0 rings (SSSR count). The smallest absolute Gasteiger partial charge is 0.220 e. The van der Waals surface area contributed by atoms with Gasteiger partial charge in [0.15, 0.2) is 0 Å². The van der Waals surface area contributed by atoms with Crippen molar-refractivity contribution in [3.8, 4) is 0 Å². The number of rotatable bonds is 36. The Kier molecular flexibility index (Phi) is 35.9. The third-order valence-electron chi connectivity index (χ3n) is 9.28. The summed E-state index contributed by atoms with van der Waals surface area (Å²) < 4.78 is 0. The van der Waals surface area contributed by atoms with Crippen LogP contribution in [0.5, 0.6) is 0 Å². The molecule has 0 aliphatic rings. The summed E-state index contributed by atoms with van der Waals surface area (Å²) in [6.45, 7) is 4.31. The molecule has 0 aromatic rings. The van der Waals surface area contributed by atoms with E-state index >= 15 is 0 Å². The van der Waals surface area contributed by atoms with E-state index in [1.807, 2.05) is 0 Å². The summed E-state index contributed by atoms with van der Waals surface area (Å²) in [7, 11) is 0. The van der Waals surface area contributed by atoms with Crippen LogP contribution in [-0.2, 0) is 4.79 Å². The van der Waals surface area contributed by atoms with Crippen LogP contribution in [0, 0.1) is 0 Å². The van der Waals surface area contributed by atoms with Crippen molar-refractivity contribution in [2.24, 2.45) is 0 Å². The van der Waals surface area contributed by atoms with Gasteiger partial charge in [0.05, 0.1) is 18.8 Å². The van der Waals surface area contributed by atoms with Crippen LogP contribution in [0.1, 0.15) is 219 Å². The number of aliphatic hydroxyl groups is 2. The standard InChI is InChI=1S/C40H79NO3/c1-3-5-7-9-11-13-15-16-17-18-19-20-21-22-23-24-25-26-27-29-31-33-35-39(43)38(37-42)41-40(44)36-34-32-30-28-14-12-10-8-6-4-2/h10,12,38-39,42-43H,3-9,11,13-37H2,1-2H3,(H,41,44)/b12-10-. The summed E-state index contributed by atoms with van der Waals surface area (Å²) in [4.78, 5) is 12.3. The Bertz CT molecular complexity index is 593. The van der Waals surface area contributed by atoms with Crippen molar-refractivity contribution >= 4 is 5.91 Å². The van der Waals surface area contributed by atoms with Gasteiger partial charge in [0.25, 0.3) is 0 Å². The van der Waals surface area contributed by atoms with Gasteiger partial charge in [-0.05, 0) is 32.1 Å². The molecule has 0 fully saturated rings. The van der Waals surface area contributed by atoms with Crippen molar-refractivity contribution in [3.05, 3.63) is 12.2 Å². The molecule has 0 bridgehead atoms. The van der Waals surface area contributed by atoms with Crippen LogP contribution in [-0.4, -0.2) is 34.9 Å². The average Bonchev–Trinajstić information content (AvgIpc) is 3.03. The quantitative estimate of drug-likeness (QED) is 0.0481. The maximum Gasteiger partial charge on any atom is 0.220 e. The van der Waals surface area contributed by atoms with Gasteiger partial charge < -0.3 is 15.5 Å². The van der Waals surface area contributed by atoms with Gasteiger partial charge in [0.1, 0.15) is 0 Å². The fourth-order valence-electron chi connectivity index (χ4n) is 6.16. The second kappa shape index (κ2) is 36.6. The molecule has 4 nitrogen and oxygen atoms in total. The maximum atomic E-state index is 12.3. The number of aliphatic hydroxyl groups excluding tert-OH is 2. The molecule has 262 valence electrons. The molecule has 2 unspecified atom stereocenters. The van der Waals surface area contributed by atoms with Crippen molar-refractivity contribution in [2.45, 2.75) is 231 Å². The van der Waals surface area contributed by atoms with Gasteiger partial charge in [-0.1, -0.05) is 193 Å². The number of hydrogen-bond acceptors (Lipinski definition) is 3. The topological polar surface area (TPSA) is 69.6 Å². The lowest BCUT2D eigenvalue weighted by Crippen LogP contribution is -2.45. The molecule has 0 heterocycles. The molecule has 0 aliphatic heterocycles. The number of hydrogen-bond donors (Lipinski definition) is 3. The van der Waals surface area contributed by atoms with E-state index in [0.29, 0.717) is 12.8 Å². The van der Waals surface area contributed by atoms with Crippen molar-refractivity contribution in [3.63, 3.8) is 0 Å². The lowest BCUT2D eigenvalue weighted by Gasteiger charge is -2.22. The van der Waals surface area contributed by atoms with E-state index in [4.69, 9.17) is 0 Å². The largest absolute Gasteiger partial charge is 0.394 e. The Morgan fingerprint density at radius 3 is 1.32 bits per heavy atom. The lowest BCUT2D eigenvalue weighted by molar-refractivity contribution is -0.123. The summed E-state index contributed by atoms with van der Waals surface area (Å²) in [5, 5.41) is 23.0. The van der Waals surface area contributed by atoms with Crippen molar-refractivity contribution < 1.29 is 15.0 Å². The first kappa shape index (κ1) is 43.1. The zero-order chi connectivity index (χ0) is 32.2. The lowest BCUT2D eigenvalue weighted by atomic mass is 10.0. The van der Waals surface area contributed by atoms with E-state index in [-0.39, 0.29) is 12.5 Å². The molecule has 0 saturated heterocycles. The minimum Gasteiger partial charge on any atom is -0.394 e. The van der Waals surface area contributed by atoms with Gasteiger partial charge in [-0.2, -0.15) is 0 Å². The predicted molar refractivity (Wildman–Crippen MR) is 193 cm³/mol. The van der Waals surface area contributed by atoms with Crippen LogP contribution >= 0.6 is 0 Å². The molecular formula is C40H79NO3. The fourth-order valence-corrected chi connectivity index (χ4v) is 6.16. The van der Waals surface area contributed by atoms with Crippen LogP contribution in [0.2, 0.25) is 0 Å². The number of unbranched alkanes of at least 4 members (excludes halogenated alkanes) is 27. The van der Waals surface area contributed by atoms with Crippen molar-refractivity contribution in [1.82, 2.24) is 5.32 Å². The molecule has 0 aromatic carbocycles. The average molecular weight is 622 g/mol. The van der Waals surface area contributed by atoms with E-state index in [9.17, 15) is 15.0 Å². The zero-order valence-corrected chi connectivity index (χ0v) is 29.9. The SMILES string of the molecule is CCCC/C=C\CCCCCCC(=O)NC(CO)C(O)CCCCCCCCCCCCCCCCCCCCCCCC. The molecular weight excluding hydrogens is 542 g/mol. The minimum absolute atomic E-state index is 0.0448. The van der Waals surface area contributed by atoms with Gasteiger partial charge in [0, 0.05) is 6.42 Å². The number of allylic oxidation sites excluding steroid dienone is 2. The van der Waals surface area contributed by atoms with Gasteiger partial charge in [-0.25, -0.2) is 0 Å². The second-order valence-electron chi connectivity index (χ2n) is 13.7. The Labute approximate surface area is 276 Å². The van der Waals surface area contributed by atoms with Gasteiger partial charge in [0.2, 0.25) is 5.91 Å². The summed E-state index contributed by atoms with van der Waals surface area (Å²) in [5.74, 6) is -0.0448. The molecule has 4 heteroatoms. The first-order valence-corrected chi connectivity index (χ1v) is 19.9. The van der Waals surface area contributed by atoms with Crippen LogP contribution in [0.4, 0.5) is 0 Å². The highest BCUT2D eigenvalue weighted by Crippen LogP contribution is 2.16. The maximum absolute atomic E-state index is 12.3. The second-order valence-corrected chi connectivity index (χ2v) is 13.7. The molecule has 0 aliphatic carbocycles. The normalized spacial score (nSPS) is 13.1. The molecule has 0 aromatic heterocycles. The molecule has 0 radical (unpaired) electrons. The molecule has 0 spiro atoms. The summed E-state index contributed by atoms with van der Waals surface area (Å²) >= 11 is 0. The number of carbonyl (C=O) groups is 1. The molecule has 3 N–H and O–H groups in total. The van der Waals surface area contributed by atoms with Gasteiger partial charge >= 0.3 is 0 Å². The highest BCUT2D eigenvalue weighted by molar-refractivity contribution is 5.76. The Morgan fingerprint density at radius 1 is 0.523 bits per heavy atom. The first-order valence-electron chi connectivity index (χ1n) is 19.9. The zero-order valence-electron chi connectivity index (χ0n) is 29.9. The highest BCUT2D eigenvalue weighted by Gasteiger charge is 2.19. The molecule has 0 saturated carbocycles. The van der Waals surface area contributed by atoms with E-state index in [0.717, 1.165) is 38.5 Å². The summed E-state index contributed by atoms with van der Waals surface area (Å²) in [5.41, 5.74) is 0. The van der Waals surface area contributed by atoms with E-state index < -0.39 is 12.1 Å². The van der Waals surface area contributed by atoms with Crippen LogP contribution in [0.3, 0.4) is 0 Å². The van der Waals surface area contributed by atoms with E-state index in [1.54, 1.807) is 0 Å². The highest BCUT2D eigenvalue weighted by atomic mass is 16.3. The number of carbonyl (C=O) groups excluding carboxylic acids is 1. The molecule has 44 heavy (non-hydrogen) atoms. The number of nitrogens with one attached hydrogen (secondary N) is 1. The monoisotopic (exact) mass is 622 g/mol. The summed E-state index contributed by atoms with van der Waals surface area (Å²) in [6.07, 6.45) is 44.3. The Morgan fingerprint density at radius 2 is 0.886 bits per heavy atom. The predicted octanol–water partition coefficient (Wildman–Crippen LogP) is 11.9. The molecule has 2 atom stereocenters. The van der Waals surface area contributed by atoms with E-state index in [1.165, 1.54) is 154 Å². The third-order valence-corrected chi connectivity index (χ3v) is 9.28. The van der Waals surface area contributed by atoms with Crippen molar-refractivity contribution in [2.75, 3.05) is 6.61 Å². The van der Waals surface area contributed by atoms with Gasteiger partial charge in [-0.3, -0.25) is 4.79 Å².